The first-order valence-corrected chi connectivity index (χ1v) is 5.20. The number of aliphatic hydroxyl groups is 3. The maximum Gasteiger partial charge on any atom is 0.168 e. The Morgan fingerprint density at radius 1 is 1.57 bits per heavy atom. The van der Waals surface area contributed by atoms with E-state index in [-0.39, 0.29) is 13.2 Å². The highest BCUT2D eigenvalue weighted by molar-refractivity contribution is 7.99. The quantitative estimate of drug-likeness (QED) is 0.573. The van der Waals surface area contributed by atoms with Crippen molar-refractivity contribution in [3.8, 4) is 0 Å². The number of hydrogen-bond acceptors (Lipinski definition) is 5. The number of imidazole rings is 1. The van der Waals surface area contributed by atoms with Gasteiger partial charge in [0.2, 0.25) is 0 Å². The summed E-state index contributed by atoms with van der Waals surface area (Å²) in [5, 5.41) is 27.3. The summed E-state index contributed by atoms with van der Waals surface area (Å²) < 4.78 is 1.76. The van der Waals surface area contributed by atoms with Crippen molar-refractivity contribution in [2.75, 3.05) is 12.4 Å². The molecule has 0 bridgehead atoms. The highest BCUT2D eigenvalue weighted by Gasteiger charge is 2.08. The van der Waals surface area contributed by atoms with E-state index in [1.54, 1.807) is 17.8 Å². The minimum Gasteiger partial charge on any atom is -0.394 e. The Balaban J connectivity index is 2.54. The molecule has 0 saturated carbocycles. The molecule has 0 aromatic carbocycles. The van der Waals surface area contributed by atoms with Crippen LogP contribution in [0.4, 0.5) is 0 Å². The number of nitrogens with zero attached hydrogens (tertiary/aromatic N) is 2. The molecule has 0 radical (unpaired) electrons. The van der Waals surface area contributed by atoms with Crippen LogP contribution in [0.1, 0.15) is 5.69 Å². The van der Waals surface area contributed by atoms with Crippen molar-refractivity contribution < 1.29 is 15.3 Å². The smallest absolute Gasteiger partial charge is 0.168 e. The second-order valence-corrected chi connectivity index (χ2v) is 3.88. The van der Waals surface area contributed by atoms with Crippen LogP contribution in [0, 0.1) is 0 Å². The Bertz CT molecular complexity index is 290. The number of aliphatic hydroxyl groups excluding tert-OH is 3. The van der Waals surface area contributed by atoms with Gasteiger partial charge in [0.15, 0.2) is 5.16 Å². The van der Waals surface area contributed by atoms with Crippen molar-refractivity contribution in [1.82, 2.24) is 9.55 Å². The van der Waals surface area contributed by atoms with Crippen molar-refractivity contribution >= 4 is 11.8 Å². The normalized spacial score (nSPS) is 13.1. The zero-order valence-corrected chi connectivity index (χ0v) is 8.74. The molecule has 80 valence electrons. The van der Waals surface area contributed by atoms with Crippen LogP contribution < -0.4 is 0 Å². The average Bonchev–Trinajstić information content (AvgIpc) is 2.56. The van der Waals surface area contributed by atoms with E-state index in [4.69, 9.17) is 15.3 Å². The molecule has 6 heteroatoms. The molecule has 1 aromatic rings. The third-order valence-corrected chi connectivity index (χ3v) is 3.01. The van der Waals surface area contributed by atoms with Gasteiger partial charge in [-0.3, -0.25) is 0 Å². The molecule has 0 aliphatic heterocycles. The van der Waals surface area contributed by atoms with Crippen LogP contribution in [0.25, 0.3) is 0 Å². The van der Waals surface area contributed by atoms with E-state index in [1.807, 2.05) is 0 Å². The van der Waals surface area contributed by atoms with Crippen LogP contribution in [-0.2, 0) is 13.7 Å². The topological polar surface area (TPSA) is 78.5 Å². The van der Waals surface area contributed by atoms with Gasteiger partial charge in [-0.05, 0) is 0 Å². The molecule has 1 heterocycles. The van der Waals surface area contributed by atoms with Gasteiger partial charge >= 0.3 is 0 Å². The zero-order valence-electron chi connectivity index (χ0n) is 7.92. The van der Waals surface area contributed by atoms with Crippen molar-refractivity contribution in [2.24, 2.45) is 7.05 Å². The SMILES string of the molecule is Cn1c(CO)cnc1SCC(O)CO. The van der Waals surface area contributed by atoms with Crippen LogP contribution in [-0.4, -0.2) is 43.3 Å². The lowest BCUT2D eigenvalue weighted by atomic mass is 10.4. The van der Waals surface area contributed by atoms with Crippen LogP contribution >= 0.6 is 11.8 Å². The van der Waals surface area contributed by atoms with Gasteiger partial charge < -0.3 is 19.9 Å². The van der Waals surface area contributed by atoms with E-state index in [9.17, 15) is 0 Å². The fraction of sp³-hybridized carbons (Fsp3) is 0.625. The molecule has 3 N–H and O–H groups in total. The molecular weight excluding hydrogens is 204 g/mol. The highest BCUT2D eigenvalue weighted by atomic mass is 32.2. The van der Waals surface area contributed by atoms with Gasteiger partial charge in [0.25, 0.3) is 0 Å². The third kappa shape index (κ3) is 2.71. The number of hydrogen-bond donors (Lipinski definition) is 3. The van der Waals surface area contributed by atoms with Gasteiger partial charge in [-0.25, -0.2) is 4.98 Å². The Kier molecular flexibility index (Phi) is 4.40. The molecule has 1 rings (SSSR count). The number of aromatic nitrogens is 2. The monoisotopic (exact) mass is 218 g/mol. The predicted molar refractivity (Wildman–Crippen MR) is 52.9 cm³/mol. The van der Waals surface area contributed by atoms with E-state index in [2.05, 4.69) is 4.98 Å². The van der Waals surface area contributed by atoms with E-state index >= 15 is 0 Å². The second-order valence-electron chi connectivity index (χ2n) is 2.90. The number of rotatable bonds is 5. The third-order valence-electron chi connectivity index (χ3n) is 1.82. The molecule has 1 aromatic heterocycles. The summed E-state index contributed by atoms with van der Waals surface area (Å²) in [7, 11) is 1.80. The average molecular weight is 218 g/mol. The maximum atomic E-state index is 9.12. The van der Waals surface area contributed by atoms with E-state index < -0.39 is 6.10 Å². The van der Waals surface area contributed by atoms with E-state index in [0.717, 1.165) is 10.9 Å². The van der Waals surface area contributed by atoms with Gasteiger partial charge in [-0.2, -0.15) is 0 Å². The molecule has 0 aliphatic rings. The zero-order chi connectivity index (χ0) is 10.6. The molecular formula is C8H14N2O3S. The van der Waals surface area contributed by atoms with Gasteiger partial charge in [0.05, 0.1) is 31.2 Å². The molecule has 0 saturated heterocycles. The summed E-state index contributed by atoms with van der Waals surface area (Å²) in [4.78, 5) is 4.07. The van der Waals surface area contributed by atoms with Gasteiger partial charge in [0.1, 0.15) is 0 Å². The van der Waals surface area contributed by atoms with E-state index in [1.165, 1.54) is 11.8 Å². The molecule has 14 heavy (non-hydrogen) atoms. The Hall–Kier alpha value is -0.560. The highest BCUT2D eigenvalue weighted by Crippen LogP contribution is 2.17. The summed E-state index contributed by atoms with van der Waals surface area (Å²) in [6.07, 6.45) is 0.863. The molecule has 0 fully saturated rings. The molecule has 0 spiro atoms. The fourth-order valence-corrected chi connectivity index (χ4v) is 1.82. The summed E-state index contributed by atoms with van der Waals surface area (Å²) in [5.41, 5.74) is 0.728. The standard InChI is InChI=1S/C8H14N2O3S/c1-10-6(3-11)2-9-8(10)14-5-7(13)4-12/h2,7,11-13H,3-5H2,1H3. The molecule has 0 amide bonds. The first-order chi connectivity index (χ1) is 6.69. The lowest BCUT2D eigenvalue weighted by Crippen LogP contribution is -2.15. The van der Waals surface area contributed by atoms with Crippen molar-refractivity contribution in [1.29, 1.82) is 0 Å². The Labute approximate surface area is 86.4 Å². The van der Waals surface area contributed by atoms with Crippen LogP contribution in [0.2, 0.25) is 0 Å². The van der Waals surface area contributed by atoms with E-state index in [0.29, 0.717) is 5.75 Å². The summed E-state index contributed by atoms with van der Waals surface area (Å²) in [6.45, 7) is -0.295. The van der Waals surface area contributed by atoms with Crippen molar-refractivity contribution in [2.45, 2.75) is 17.9 Å². The first kappa shape index (κ1) is 11.5. The van der Waals surface area contributed by atoms with Crippen LogP contribution in [0.3, 0.4) is 0 Å². The van der Waals surface area contributed by atoms with Crippen LogP contribution in [0.15, 0.2) is 11.4 Å². The Morgan fingerprint density at radius 3 is 2.79 bits per heavy atom. The number of thioether (sulfide) groups is 1. The Morgan fingerprint density at radius 2 is 2.29 bits per heavy atom. The first-order valence-electron chi connectivity index (χ1n) is 4.22. The predicted octanol–water partition coefficient (Wildman–Crippen LogP) is -0.642. The minimum atomic E-state index is -0.728. The van der Waals surface area contributed by atoms with Crippen molar-refractivity contribution in [3.05, 3.63) is 11.9 Å². The summed E-state index contributed by atoms with van der Waals surface area (Å²) in [5.74, 6) is 0.395. The molecule has 0 aliphatic carbocycles. The lowest BCUT2D eigenvalue weighted by Gasteiger charge is -2.06. The van der Waals surface area contributed by atoms with Gasteiger partial charge in [-0.15, -0.1) is 0 Å². The fourth-order valence-electron chi connectivity index (χ4n) is 0.930. The maximum absolute atomic E-state index is 9.12. The van der Waals surface area contributed by atoms with Crippen LogP contribution in [0.5, 0.6) is 0 Å². The summed E-state index contributed by atoms with van der Waals surface area (Å²) in [6, 6.07) is 0. The van der Waals surface area contributed by atoms with Gasteiger partial charge in [-0.1, -0.05) is 11.8 Å². The molecule has 1 unspecified atom stereocenters. The minimum absolute atomic E-state index is 0.0490. The summed E-state index contributed by atoms with van der Waals surface area (Å²) >= 11 is 1.35. The van der Waals surface area contributed by atoms with Crippen molar-refractivity contribution in [3.63, 3.8) is 0 Å². The largest absolute Gasteiger partial charge is 0.394 e. The molecule has 5 nitrogen and oxygen atoms in total. The molecule has 1 atom stereocenters. The second kappa shape index (κ2) is 5.35. The lowest BCUT2D eigenvalue weighted by molar-refractivity contribution is 0.113. The van der Waals surface area contributed by atoms with Gasteiger partial charge in [0, 0.05) is 12.8 Å².